The number of hydrogen-bond donors (Lipinski definition) is 1. The number of ketones is 1. The van der Waals surface area contributed by atoms with Gasteiger partial charge in [0, 0.05) is 5.56 Å². The Morgan fingerprint density at radius 3 is 2.65 bits per heavy atom. The third kappa shape index (κ3) is 5.05. The lowest BCUT2D eigenvalue weighted by atomic mass is 9.95. The van der Waals surface area contributed by atoms with Gasteiger partial charge in [0.15, 0.2) is 11.5 Å². The highest BCUT2D eigenvalue weighted by molar-refractivity contribution is 6.46. The molecule has 1 N–H and O–H groups in total. The number of aliphatic hydroxyl groups is 1. The lowest BCUT2D eigenvalue weighted by Crippen LogP contribution is -2.29. The Bertz CT molecular complexity index is 1310. The first-order chi connectivity index (χ1) is 18.1. The van der Waals surface area contributed by atoms with E-state index in [2.05, 4.69) is 6.92 Å². The van der Waals surface area contributed by atoms with Gasteiger partial charge in [0.2, 0.25) is 0 Å². The van der Waals surface area contributed by atoms with Crippen molar-refractivity contribution in [2.24, 2.45) is 0 Å². The summed E-state index contributed by atoms with van der Waals surface area (Å²) in [4.78, 5) is 28.0. The fourth-order valence-electron chi connectivity index (χ4n) is 4.62. The second-order valence-electron chi connectivity index (χ2n) is 8.99. The van der Waals surface area contributed by atoms with Gasteiger partial charge >= 0.3 is 0 Å². The molecule has 3 aromatic rings. The fourth-order valence-corrected chi connectivity index (χ4v) is 4.62. The summed E-state index contributed by atoms with van der Waals surface area (Å²) < 4.78 is 22.6. The van der Waals surface area contributed by atoms with Crippen LogP contribution in [0, 0.1) is 0 Å². The number of nitrogens with zero attached hydrogens (tertiary/aromatic N) is 1. The molecule has 0 radical (unpaired) electrons. The standard InChI is InChI=1S/C29H29NO7/c1-2-3-4-12-34-21-8-5-7-19(16-21)26-25(28(32)29(33)30(26)18-22-9-6-13-35-22)27(31)20-10-11-23-24(17-20)37-15-14-36-23/h5-11,13,16-17,26,31H,2-4,12,14-15,18H2,1H3/b27-25+/t26-/m0/s1. The van der Waals surface area contributed by atoms with Crippen molar-refractivity contribution in [3.8, 4) is 17.2 Å². The Labute approximate surface area is 215 Å². The molecule has 1 fully saturated rings. The molecule has 3 heterocycles. The lowest BCUT2D eigenvalue weighted by Gasteiger charge is -2.25. The molecule has 8 nitrogen and oxygen atoms in total. The van der Waals surface area contributed by atoms with E-state index < -0.39 is 17.7 Å². The molecule has 0 aliphatic carbocycles. The van der Waals surface area contributed by atoms with Gasteiger partial charge in [-0.15, -0.1) is 0 Å². The van der Waals surface area contributed by atoms with Crippen LogP contribution in [0.25, 0.3) is 5.76 Å². The minimum atomic E-state index is -0.836. The van der Waals surface area contributed by atoms with E-state index >= 15 is 0 Å². The summed E-state index contributed by atoms with van der Waals surface area (Å²) in [6, 6.07) is 14.9. The van der Waals surface area contributed by atoms with Crippen LogP contribution in [0.15, 0.2) is 70.9 Å². The Kier molecular flexibility index (Phi) is 7.16. The summed E-state index contributed by atoms with van der Waals surface area (Å²) in [5.41, 5.74) is 1.01. The van der Waals surface area contributed by atoms with Crippen molar-refractivity contribution < 1.29 is 33.3 Å². The third-order valence-corrected chi connectivity index (χ3v) is 6.45. The van der Waals surface area contributed by atoms with E-state index in [1.54, 1.807) is 30.3 Å². The van der Waals surface area contributed by atoms with E-state index in [0.29, 0.717) is 54.0 Å². The minimum Gasteiger partial charge on any atom is -0.507 e. The van der Waals surface area contributed by atoms with Crippen LogP contribution in [0.4, 0.5) is 0 Å². The molecule has 5 rings (SSSR count). The molecule has 2 aromatic carbocycles. The smallest absolute Gasteiger partial charge is 0.296 e. The van der Waals surface area contributed by atoms with Gasteiger partial charge in [-0.2, -0.15) is 0 Å². The van der Waals surface area contributed by atoms with E-state index in [-0.39, 0.29) is 17.9 Å². The fraction of sp³-hybridized carbons (Fsp3) is 0.310. The van der Waals surface area contributed by atoms with Crippen molar-refractivity contribution in [2.75, 3.05) is 19.8 Å². The largest absolute Gasteiger partial charge is 0.507 e. The van der Waals surface area contributed by atoms with E-state index in [4.69, 9.17) is 18.6 Å². The molecule has 37 heavy (non-hydrogen) atoms. The van der Waals surface area contributed by atoms with Gasteiger partial charge in [-0.3, -0.25) is 9.59 Å². The van der Waals surface area contributed by atoms with Crippen molar-refractivity contribution in [3.05, 3.63) is 83.3 Å². The Morgan fingerprint density at radius 1 is 1.03 bits per heavy atom. The number of carbonyl (C=O) groups is 2. The van der Waals surface area contributed by atoms with Crippen LogP contribution < -0.4 is 14.2 Å². The van der Waals surface area contributed by atoms with Crippen LogP contribution in [0.5, 0.6) is 17.2 Å². The predicted molar refractivity (Wildman–Crippen MR) is 135 cm³/mol. The topological polar surface area (TPSA) is 98.4 Å². The summed E-state index contributed by atoms with van der Waals surface area (Å²) in [5.74, 6) is 0.434. The van der Waals surface area contributed by atoms with Gasteiger partial charge in [-0.25, -0.2) is 0 Å². The third-order valence-electron chi connectivity index (χ3n) is 6.45. The first-order valence-corrected chi connectivity index (χ1v) is 12.5. The van der Waals surface area contributed by atoms with Crippen LogP contribution in [0.2, 0.25) is 0 Å². The molecule has 1 aromatic heterocycles. The van der Waals surface area contributed by atoms with Crippen molar-refractivity contribution in [1.82, 2.24) is 4.90 Å². The van der Waals surface area contributed by atoms with Crippen molar-refractivity contribution in [1.29, 1.82) is 0 Å². The Hall–Kier alpha value is -4.20. The van der Waals surface area contributed by atoms with Gasteiger partial charge in [-0.05, 0) is 54.4 Å². The molecule has 8 heteroatoms. The van der Waals surface area contributed by atoms with Crippen LogP contribution in [0.1, 0.15) is 49.1 Å². The highest BCUT2D eigenvalue weighted by Gasteiger charge is 2.46. The van der Waals surface area contributed by atoms with Gasteiger partial charge in [0.05, 0.1) is 31.0 Å². The maximum Gasteiger partial charge on any atom is 0.296 e. The van der Waals surface area contributed by atoms with Gasteiger partial charge in [0.25, 0.3) is 11.7 Å². The van der Waals surface area contributed by atoms with E-state index in [1.807, 2.05) is 24.3 Å². The number of furan rings is 1. The molecule has 0 unspecified atom stereocenters. The summed E-state index contributed by atoms with van der Waals surface area (Å²) >= 11 is 0. The molecule has 2 aliphatic heterocycles. The predicted octanol–water partition coefficient (Wildman–Crippen LogP) is 5.24. The number of rotatable bonds is 9. The zero-order valence-corrected chi connectivity index (χ0v) is 20.6. The summed E-state index contributed by atoms with van der Waals surface area (Å²) in [7, 11) is 0. The normalized spacial score (nSPS) is 18.3. The molecule has 192 valence electrons. The van der Waals surface area contributed by atoms with E-state index in [0.717, 1.165) is 19.3 Å². The quantitative estimate of drug-likeness (QED) is 0.184. The summed E-state index contributed by atoms with van der Waals surface area (Å²) in [6.07, 6.45) is 4.60. The second-order valence-corrected chi connectivity index (χ2v) is 8.99. The van der Waals surface area contributed by atoms with Crippen LogP contribution in [0.3, 0.4) is 0 Å². The van der Waals surface area contributed by atoms with Gasteiger partial charge < -0.3 is 28.6 Å². The Morgan fingerprint density at radius 2 is 1.86 bits per heavy atom. The maximum atomic E-state index is 13.3. The van der Waals surface area contributed by atoms with E-state index in [1.165, 1.54) is 11.2 Å². The molecule has 0 saturated carbocycles. The Balaban J connectivity index is 1.56. The number of carbonyl (C=O) groups excluding carboxylic acids is 2. The molecule has 1 saturated heterocycles. The van der Waals surface area contributed by atoms with Gasteiger partial charge in [0.1, 0.15) is 30.5 Å². The van der Waals surface area contributed by atoms with Crippen LogP contribution >= 0.6 is 0 Å². The first kappa shape index (κ1) is 24.5. The highest BCUT2D eigenvalue weighted by atomic mass is 16.6. The maximum absolute atomic E-state index is 13.3. The van der Waals surface area contributed by atoms with Crippen LogP contribution in [-0.2, 0) is 16.1 Å². The molecule has 1 atom stereocenters. The summed E-state index contributed by atoms with van der Waals surface area (Å²) in [6.45, 7) is 3.59. The molecule has 1 amide bonds. The second kappa shape index (κ2) is 10.8. The zero-order chi connectivity index (χ0) is 25.8. The molecule has 2 aliphatic rings. The average Bonchev–Trinajstić information content (AvgIpc) is 3.53. The van der Waals surface area contributed by atoms with Gasteiger partial charge in [-0.1, -0.05) is 31.9 Å². The number of Topliss-reactive ketones (excluding diaryl/α,β-unsaturated/α-hetero) is 1. The minimum absolute atomic E-state index is 0.00336. The molecule has 0 bridgehead atoms. The number of likely N-dealkylation sites (tertiary alicyclic amines) is 1. The first-order valence-electron chi connectivity index (χ1n) is 12.5. The number of fused-ring (bicyclic) bond motifs is 1. The van der Waals surface area contributed by atoms with E-state index in [9.17, 15) is 14.7 Å². The average molecular weight is 504 g/mol. The van der Waals surface area contributed by atoms with Crippen LogP contribution in [-0.4, -0.2) is 41.5 Å². The number of unbranched alkanes of at least 4 members (excludes halogenated alkanes) is 2. The number of benzene rings is 2. The zero-order valence-electron chi connectivity index (χ0n) is 20.6. The number of aliphatic hydroxyl groups excluding tert-OH is 1. The number of hydrogen-bond acceptors (Lipinski definition) is 7. The van der Waals surface area contributed by atoms with Crippen molar-refractivity contribution >= 4 is 17.4 Å². The lowest BCUT2D eigenvalue weighted by molar-refractivity contribution is -0.140. The van der Waals surface area contributed by atoms with Crippen molar-refractivity contribution in [2.45, 2.75) is 38.8 Å². The monoisotopic (exact) mass is 503 g/mol. The molecular formula is C29H29NO7. The SMILES string of the molecule is CCCCCOc1cccc([C@H]2/C(=C(\O)c3ccc4c(c3)OCCO4)C(=O)C(=O)N2Cc2ccco2)c1. The highest BCUT2D eigenvalue weighted by Crippen LogP contribution is 2.42. The molecular weight excluding hydrogens is 474 g/mol. The summed E-state index contributed by atoms with van der Waals surface area (Å²) in [5, 5.41) is 11.4. The molecule has 0 spiro atoms. The number of ether oxygens (including phenoxy) is 3. The number of amides is 1. The van der Waals surface area contributed by atoms with Crippen molar-refractivity contribution in [3.63, 3.8) is 0 Å².